The molecule has 1 heterocycles. The Morgan fingerprint density at radius 1 is 1.53 bits per heavy atom. The first-order valence-corrected chi connectivity index (χ1v) is 7.26. The number of nitrogens with zero attached hydrogens (tertiary/aromatic N) is 3. The van der Waals surface area contributed by atoms with Gasteiger partial charge in [-0.1, -0.05) is 25.1 Å². The Hall–Kier alpha value is -1.54. The van der Waals surface area contributed by atoms with Crippen molar-refractivity contribution in [3.8, 4) is 0 Å². The van der Waals surface area contributed by atoms with Crippen LogP contribution in [0.2, 0.25) is 0 Å². The number of nitrogen functional groups attached to an aromatic ring is 1. The lowest BCUT2D eigenvalue weighted by Crippen LogP contribution is -2.35. The van der Waals surface area contributed by atoms with Gasteiger partial charge in [0.05, 0.1) is 6.54 Å². The first-order valence-electron chi connectivity index (χ1n) is 6.03. The topological polar surface area (TPSA) is 110 Å². The lowest BCUT2D eigenvalue weighted by Gasteiger charge is -2.22. The van der Waals surface area contributed by atoms with E-state index in [1.807, 2.05) is 11.2 Å². The van der Waals surface area contributed by atoms with Crippen molar-refractivity contribution in [1.82, 2.24) is 9.97 Å². The van der Waals surface area contributed by atoms with Crippen molar-refractivity contribution in [2.45, 2.75) is 24.9 Å². The molecule has 0 aliphatic heterocycles. The van der Waals surface area contributed by atoms with E-state index < -0.39 is 0 Å². The van der Waals surface area contributed by atoms with Gasteiger partial charge in [-0.15, -0.1) is 0 Å². The number of unbranched alkanes of at least 4 members (excludes halogenated alkanes) is 1. The summed E-state index contributed by atoms with van der Waals surface area (Å²) in [6.07, 6.45) is 3.86. The summed E-state index contributed by atoms with van der Waals surface area (Å²) in [5.41, 5.74) is 7.77. The van der Waals surface area contributed by atoms with E-state index in [-0.39, 0.29) is 12.5 Å². The molecule has 1 aromatic rings. The predicted molar refractivity (Wildman–Crippen MR) is 77.9 cm³/mol. The fourth-order valence-electron chi connectivity index (χ4n) is 1.55. The van der Waals surface area contributed by atoms with Crippen LogP contribution in [0, 0.1) is 0 Å². The van der Waals surface area contributed by atoms with Gasteiger partial charge in [0.2, 0.25) is 5.91 Å². The van der Waals surface area contributed by atoms with Crippen LogP contribution in [-0.2, 0) is 4.79 Å². The van der Waals surface area contributed by atoms with Crippen LogP contribution in [0.25, 0.3) is 0 Å². The third-order valence-electron chi connectivity index (χ3n) is 2.47. The Labute approximate surface area is 117 Å². The maximum atomic E-state index is 11.1. The van der Waals surface area contributed by atoms with Gasteiger partial charge in [-0.2, -0.15) is 0 Å². The maximum absolute atomic E-state index is 11.1. The average molecular weight is 284 g/mol. The van der Waals surface area contributed by atoms with Gasteiger partial charge in [-0.3, -0.25) is 4.79 Å². The summed E-state index contributed by atoms with van der Waals surface area (Å²) in [7, 11) is 0. The number of nitrogens with one attached hydrogen (secondary N) is 1. The van der Waals surface area contributed by atoms with Gasteiger partial charge in [0.1, 0.15) is 11.6 Å². The third kappa shape index (κ3) is 4.92. The van der Waals surface area contributed by atoms with Crippen LogP contribution in [0.1, 0.15) is 19.8 Å². The summed E-state index contributed by atoms with van der Waals surface area (Å²) < 4.78 is 0. The van der Waals surface area contributed by atoms with E-state index in [0.717, 1.165) is 12.8 Å². The molecule has 0 aliphatic carbocycles. The number of primary amides is 1. The van der Waals surface area contributed by atoms with Crippen LogP contribution in [0.3, 0.4) is 0 Å². The maximum Gasteiger partial charge on any atom is 0.236 e. The summed E-state index contributed by atoms with van der Waals surface area (Å²) in [5.74, 6) is 6.16. The highest BCUT2D eigenvalue weighted by Gasteiger charge is 2.13. The number of nitrogens with two attached hydrogens (primary N) is 2. The molecule has 0 spiro atoms. The number of anilines is 2. The number of rotatable bonds is 8. The van der Waals surface area contributed by atoms with E-state index in [1.165, 1.54) is 11.8 Å². The molecule has 0 aliphatic rings. The van der Waals surface area contributed by atoms with Crippen molar-refractivity contribution >= 4 is 29.3 Å². The van der Waals surface area contributed by atoms with Crippen LogP contribution in [0.4, 0.5) is 11.6 Å². The molecule has 5 N–H and O–H groups in total. The Bertz CT molecular complexity index is 405. The molecule has 0 aromatic carbocycles. The molecule has 0 bridgehead atoms. The quantitative estimate of drug-likeness (QED) is 0.277. The fourth-order valence-corrected chi connectivity index (χ4v) is 1.93. The Morgan fingerprint density at radius 2 is 2.26 bits per heavy atom. The number of hydrazine groups is 1. The van der Waals surface area contributed by atoms with E-state index in [2.05, 4.69) is 22.3 Å². The standard InChI is InChI=1S/C11H20N6OS/c1-3-4-5-17(7-8(12)18)10-6-9(16-13)14-11(15-10)19-2/h6H,3-5,7,13H2,1-2H3,(H2,12,18)(H,14,15,16). The smallest absolute Gasteiger partial charge is 0.236 e. The molecule has 19 heavy (non-hydrogen) atoms. The Morgan fingerprint density at radius 3 is 2.79 bits per heavy atom. The van der Waals surface area contributed by atoms with Crippen molar-refractivity contribution in [3.05, 3.63) is 6.07 Å². The van der Waals surface area contributed by atoms with Crippen LogP contribution < -0.4 is 21.9 Å². The number of thioether (sulfide) groups is 1. The highest BCUT2D eigenvalue weighted by atomic mass is 32.2. The zero-order chi connectivity index (χ0) is 14.3. The molecule has 0 atom stereocenters. The van der Waals surface area contributed by atoms with E-state index in [1.54, 1.807) is 6.07 Å². The van der Waals surface area contributed by atoms with E-state index in [9.17, 15) is 4.79 Å². The second-order valence-corrected chi connectivity index (χ2v) is 4.76. The normalized spacial score (nSPS) is 10.3. The van der Waals surface area contributed by atoms with Gasteiger partial charge >= 0.3 is 0 Å². The molecule has 0 unspecified atom stereocenters. The third-order valence-corrected chi connectivity index (χ3v) is 3.02. The fraction of sp³-hybridized carbons (Fsp3) is 0.545. The number of carbonyl (C=O) groups is 1. The van der Waals surface area contributed by atoms with Crippen molar-refractivity contribution in [3.63, 3.8) is 0 Å². The number of hydrogen-bond donors (Lipinski definition) is 3. The van der Waals surface area contributed by atoms with E-state index >= 15 is 0 Å². The van der Waals surface area contributed by atoms with Gasteiger partial charge in [0, 0.05) is 12.6 Å². The van der Waals surface area contributed by atoms with Crippen LogP contribution in [-0.4, -0.2) is 35.2 Å². The van der Waals surface area contributed by atoms with Crippen molar-refractivity contribution < 1.29 is 4.79 Å². The highest BCUT2D eigenvalue weighted by molar-refractivity contribution is 7.98. The number of carbonyl (C=O) groups excluding carboxylic acids is 1. The molecular weight excluding hydrogens is 264 g/mol. The van der Waals surface area contributed by atoms with E-state index in [0.29, 0.717) is 23.3 Å². The minimum atomic E-state index is -0.386. The molecule has 0 saturated carbocycles. The minimum Gasteiger partial charge on any atom is -0.368 e. The van der Waals surface area contributed by atoms with Crippen molar-refractivity contribution in [2.75, 3.05) is 29.7 Å². The second kappa shape index (κ2) is 7.80. The molecule has 106 valence electrons. The molecule has 0 fully saturated rings. The molecule has 0 radical (unpaired) electrons. The van der Waals surface area contributed by atoms with Gasteiger partial charge in [-0.05, 0) is 12.7 Å². The van der Waals surface area contributed by atoms with Gasteiger partial charge < -0.3 is 16.1 Å². The lowest BCUT2D eigenvalue weighted by molar-refractivity contribution is -0.116. The van der Waals surface area contributed by atoms with Gasteiger partial charge in [0.15, 0.2) is 5.16 Å². The first kappa shape index (κ1) is 15.5. The Kier molecular flexibility index (Phi) is 6.37. The summed E-state index contributed by atoms with van der Waals surface area (Å²) in [6.45, 7) is 2.94. The second-order valence-electron chi connectivity index (χ2n) is 3.98. The minimum absolute atomic E-state index is 0.134. The summed E-state index contributed by atoms with van der Waals surface area (Å²) in [5, 5.41) is 0.594. The van der Waals surface area contributed by atoms with Crippen molar-refractivity contribution in [2.24, 2.45) is 11.6 Å². The van der Waals surface area contributed by atoms with E-state index in [4.69, 9.17) is 11.6 Å². The average Bonchev–Trinajstić information content (AvgIpc) is 2.42. The van der Waals surface area contributed by atoms with Gasteiger partial charge in [0.25, 0.3) is 0 Å². The molecule has 0 saturated heterocycles. The lowest BCUT2D eigenvalue weighted by atomic mass is 10.3. The number of hydrogen-bond acceptors (Lipinski definition) is 7. The molecule has 7 nitrogen and oxygen atoms in total. The number of aromatic nitrogens is 2. The highest BCUT2D eigenvalue weighted by Crippen LogP contribution is 2.20. The zero-order valence-corrected chi connectivity index (χ0v) is 12.0. The van der Waals surface area contributed by atoms with Crippen LogP contribution >= 0.6 is 11.8 Å². The summed E-state index contributed by atoms with van der Waals surface area (Å²) in [6, 6.07) is 1.71. The molecule has 1 aromatic heterocycles. The largest absolute Gasteiger partial charge is 0.368 e. The van der Waals surface area contributed by atoms with Gasteiger partial charge in [-0.25, -0.2) is 15.8 Å². The Balaban J connectivity index is 3.01. The molecular formula is C11H20N6OS. The van der Waals surface area contributed by atoms with Crippen LogP contribution in [0.5, 0.6) is 0 Å². The summed E-state index contributed by atoms with van der Waals surface area (Å²) >= 11 is 1.41. The van der Waals surface area contributed by atoms with Crippen LogP contribution in [0.15, 0.2) is 11.2 Å². The molecule has 1 rings (SSSR count). The SMILES string of the molecule is CCCCN(CC(N)=O)c1cc(NN)nc(SC)n1. The summed E-state index contributed by atoms with van der Waals surface area (Å²) in [4.78, 5) is 21.6. The number of amides is 1. The molecule has 8 heteroatoms. The predicted octanol–water partition coefficient (Wildman–Crippen LogP) is 0.576. The first-order chi connectivity index (χ1) is 9.10. The monoisotopic (exact) mass is 284 g/mol. The molecule has 1 amide bonds. The van der Waals surface area contributed by atoms with Crippen molar-refractivity contribution in [1.29, 1.82) is 0 Å². The zero-order valence-electron chi connectivity index (χ0n) is 11.2.